The van der Waals surface area contributed by atoms with Crippen molar-refractivity contribution in [1.82, 2.24) is 39.3 Å². The van der Waals surface area contributed by atoms with Crippen molar-refractivity contribution >= 4 is 11.6 Å². The second-order valence-corrected chi connectivity index (χ2v) is 8.25. The molecule has 152 valence electrons. The van der Waals surface area contributed by atoms with E-state index in [4.69, 9.17) is 0 Å². The number of nitrogens with zero attached hydrogens (tertiary/aromatic N) is 7. The maximum atomic E-state index is 13.7. The minimum absolute atomic E-state index is 0.0988. The monoisotopic (exact) mass is 398 g/mol. The number of carbonyl (C=O) groups is 1. The van der Waals surface area contributed by atoms with Gasteiger partial charge in [-0.25, -0.2) is 23.9 Å². The third-order valence-electron chi connectivity index (χ3n) is 5.84. The van der Waals surface area contributed by atoms with Crippen LogP contribution in [0.2, 0.25) is 0 Å². The molecule has 2 aliphatic rings. The Kier molecular flexibility index (Phi) is 4.30. The zero-order valence-electron chi connectivity index (χ0n) is 16.2. The second kappa shape index (κ2) is 6.87. The lowest BCUT2D eigenvalue weighted by Gasteiger charge is -2.48. The van der Waals surface area contributed by atoms with Gasteiger partial charge in [0.2, 0.25) is 0 Å². The van der Waals surface area contributed by atoms with E-state index < -0.39 is 5.67 Å². The summed E-state index contributed by atoms with van der Waals surface area (Å²) < 4.78 is 17.0. The molecule has 3 aromatic heterocycles. The van der Waals surface area contributed by atoms with Gasteiger partial charge in [-0.1, -0.05) is 0 Å². The van der Waals surface area contributed by atoms with Crippen LogP contribution in [0.15, 0.2) is 31.2 Å². The number of hydrogen-bond acceptors (Lipinski definition) is 6. The fraction of sp³-hybridized carbons (Fsp3) is 0.526. The van der Waals surface area contributed by atoms with E-state index in [0.717, 1.165) is 25.7 Å². The van der Waals surface area contributed by atoms with E-state index in [1.54, 1.807) is 40.9 Å². The summed E-state index contributed by atoms with van der Waals surface area (Å²) in [6, 6.07) is 0.520. The van der Waals surface area contributed by atoms with E-state index in [9.17, 15) is 9.18 Å². The molecule has 29 heavy (non-hydrogen) atoms. The molecule has 10 heteroatoms. The Morgan fingerprint density at radius 2 is 2.07 bits per heavy atom. The molecule has 0 radical (unpaired) electrons. The van der Waals surface area contributed by atoms with Gasteiger partial charge >= 0.3 is 0 Å². The van der Waals surface area contributed by atoms with Crippen LogP contribution in [0.3, 0.4) is 0 Å². The van der Waals surface area contributed by atoms with Crippen LogP contribution in [0.5, 0.6) is 0 Å². The van der Waals surface area contributed by atoms with Gasteiger partial charge in [0.05, 0.1) is 6.20 Å². The molecule has 1 aliphatic heterocycles. The number of fused-ring (bicyclic) bond motifs is 1. The molecule has 3 aromatic rings. The molecule has 0 aromatic carbocycles. The van der Waals surface area contributed by atoms with Crippen molar-refractivity contribution in [2.45, 2.75) is 50.4 Å². The number of carbonyl (C=O) groups excluding carboxylic acids is 1. The molecule has 0 bridgehead atoms. The van der Waals surface area contributed by atoms with Gasteiger partial charge in [-0.05, 0) is 32.6 Å². The number of imidazole rings is 1. The van der Waals surface area contributed by atoms with Gasteiger partial charge in [-0.2, -0.15) is 5.10 Å². The highest BCUT2D eigenvalue weighted by atomic mass is 19.1. The molecule has 0 unspecified atom stereocenters. The van der Waals surface area contributed by atoms with Crippen LogP contribution in [0, 0.1) is 0 Å². The van der Waals surface area contributed by atoms with Crippen LogP contribution < -0.4 is 5.32 Å². The quantitative estimate of drug-likeness (QED) is 0.714. The van der Waals surface area contributed by atoms with Crippen molar-refractivity contribution in [2.24, 2.45) is 0 Å². The first-order valence-corrected chi connectivity index (χ1v) is 9.91. The molecule has 1 saturated heterocycles. The van der Waals surface area contributed by atoms with Crippen molar-refractivity contribution < 1.29 is 9.18 Å². The van der Waals surface area contributed by atoms with E-state index in [2.05, 4.69) is 30.3 Å². The number of nitrogens with one attached hydrogen (secondary N) is 1. The number of aromatic nitrogens is 6. The number of rotatable bonds is 4. The third kappa shape index (κ3) is 3.48. The summed E-state index contributed by atoms with van der Waals surface area (Å²) in [5.41, 5.74) is -0.205. The average molecular weight is 398 g/mol. The van der Waals surface area contributed by atoms with Crippen molar-refractivity contribution in [3.8, 4) is 5.82 Å². The number of likely N-dealkylation sites (tertiary alicyclic amines) is 1. The summed E-state index contributed by atoms with van der Waals surface area (Å²) in [5.74, 6) is 0.274. The zero-order chi connectivity index (χ0) is 20.0. The first-order chi connectivity index (χ1) is 14.0. The smallest absolute Gasteiger partial charge is 0.271 e. The molecular weight excluding hydrogens is 375 g/mol. The molecular formula is C19H23FN8O. The standard InChI is InChI=1S/C19H23FN8O/c1-19(20)9-27(10-19)14-4-2-13(3-5-14)24-18(29)15-8-28-16(22-11-23-28)17(25-15)26-7-6-21-12-26/h6-8,11-14H,2-5,9-10H2,1H3,(H,24,29). The minimum Gasteiger partial charge on any atom is -0.348 e. The van der Waals surface area contributed by atoms with Crippen molar-refractivity contribution in [3.63, 3.8) is 0 Å². The maximum Gasteiger partial charge on any atom is 0.271 e. The highest BCUT2D eigenvalue weighted by molar-refractivity contribution is 5.92. The molecule has 0 atom stereocenters. The van der Waals surface area contributed by atoms with Crippen molar-refractivity contribution in [3.05, 3.63) is 36.9 Å². The first-order valence-electron chi connectivity index (χ1n) is 9.91. The van der Waals surface area contributed by atoms with Crippen LogP contribution >= 0.6 is 0 Å². The Labute approximate surface area is 167 Å². The predicted octanol–water partition coefficient (Wildman–Crippen LogP) is 1.39. The number of halogens is 1. The minimum atomic E-state index is -1.04. The summed E-state index contributed by atoms with van der Waals surface area (Å²) >= 11 is 0. The van der Waals surface area contributed by atoms with Crippen LogP contribution in [-0.4, -0.2) is 70.8 Å². The molecule has 1 N–H and O–H groups in total. The maximum absolute atomic E-state index is 13.7. The lowest BCUT2D eigenvalue weighted by molar-refractivity contribution is -0.0538. The van der Waals surface area contributed by atoms with Crippen LogP contribution in [0.4, 0.5) is 4.39 Å². The highest BCUT2D eigenvalue weighted by Crippen LogP contribution is 2.32. The average Bonchev–Trinajstić information content (AvgIpc) is 3.37. The van der Waals surface area contributed by atoms with E-state index in [0.29, 0.717) is 30.6 Å². The van der Waals surface area contributed by atoms with Gasteiger partial charge in [0.25, 0.3) is 5.91 Å². The van der Waals surface area contributed by atoms with Crippen LogP contribution in [0.1, 0.15) is 43.1 Å². The fourth-order valence-electron chi connectivity index (χ4n) is 4.38. The van der Waals surface area contributed by atoms with Crippen molar-refractivity contribution in [2.75, 3.05) is 13.1 Å². The van der Waals surface area contributed by atoms with Gasteiger partial charge in [-0.15, -0.1) is 0 Å². The molecule has 4 heterocycles. The Morgan fingerprint density at radius 1 is 1.28 bits per heavy atom. The Bertz CT molecular complexity index is 1010. The topological polar surface area (TPSA) is 93.2 Å². The normalized spacial score (nSPS) is 24.3. The fourth-order valence-corrected chi connectivity index (χ4v) is 4.38. The van der Waals surface area contributed by atoms with Crippen LogP contribution in [0.25, 0.3) is 11.5 Å². The van der Waals surface area contributed by atoms with E-state index >= 15 is 0 Å². The number of hydrogen-bond donors (Lipinski definition) is 1. The molecule has 1 aliphatic carbocycles. The molecule has 1 amide bonds. The number of alkyl halides is 1. The van der Waals surface area contributed by atoms with E-state index in [-0.39, 0.29) is 17.6 Å². The van der Waals surface area contributed by atoms with Gasteiger partial charge in [0, 0.05) is 37.6 Å². The zero-order valence-corrected chi connectivity index (χ0v) is 16.2. The summed E-state index contributed by atoms with van der Waals surface area (Å²) in [7, 11) is 0. The predicted molar refractivity (Wildman–Crippen MR) is 103 cm³/mol. The SMILES string of the molecule is CC1(F)CN(C2CCC(NC(=O)c3cn4ncnc4c(-n4ccnc4)n3)CC2)C1. The Balaban J connectivity index is 1.26. The summed E-state index contributed by atoms with van der Waals surface area (Å²) in [5, 5.41) is 7.25. The lowest BCUT2D eigenvalue weighted by atomic mass is 9.86. The molecule has 5 rings (SSSR count). The van der Waals surface area contributed by atoms with Gasteiger partial charge in [0.15, 0.2) is 11.5 Å². The van der Waals surface area contributed by atoms with Gasteiger partial charge in [0.1, 0.15) is 24.0 Å². The molecule has 1 saturated carbocycles. The highest BCUT2D eigenvalue weighted by Gasteiger charge is 2.42. The number of amides is 1. The molecule has 2 fully saturated rings. The second-order valence-electron chi connectivity index (χ2n) is 8.25. The Hall–Kier alpha value is -2.88. The van der Waals surface area contributed by atoms with E-state index in [1.807, 2.05) is 0 Å². The van der Waals surface area contributed by atoms with Gasteiger partial charge in [-0.3, -0.25) is 14.3 Å². The summed E-state index contributed by atoms with van der Waals surface area (Å²) in [6.45, 7) is 2.70. The largest absolute Gasteiger partial charge is 0.348 e. The van der Waals surface area contributed by atoms with Gasteiger partial charge < -0.3 is 5.32 Å². The molecule has 0 spiro atoms. The van der Waals surface area contributed by atoms with E-state index in [1.165, 1.54) is 6.33 Å². The lowest BCUT2D eigenvalue weighted by Crippen LogP contribution is -2.61. The third-order valence-corrected chi connectivity index (χ3v) is 5.84. The first kappa shape index (κ1) is 18.2. The Morgan fingerprint density at radius 3 is 2.76 bits per heavy atom. The molecule has 9 nitrogen and oxygen atoms in total. The summed E-state index contributed by atoms with van der Waals surface area (Å²) in [4.78, 5) is 27.8. The van der Waals surface area contributed by atoms with Crippen molar-refractivity contribution in [1.29, 1.82) is 0 Å². The van der Waals surface area contributed by atoms with Crippen LogP contribution in [-0.2, 0) is 0 Å². The summed E-state index contributed by atoms with van der Waals surface area (Å²) in [6.07, 6.45) is 11.7.